The van der Waals surface area contributed by atoms with Crippen molar-refractivity contribution in [3.63, 3.8) is 0 Å². The normalized spacial score (nSPS) is 18.2. The lowest BCUT2D eigenvalue weighted by atomic mass is 9.99. The van der Waals surface area contributed by atoms with E-state index in [0.29, 0.717) is 5.39 Å². The summed E-state index contributed by atoms with van der Waals surface area (Å²) in [6, 6.07) is 13.9. The molecular weight excluding hydrogens is 444 g/mol. The third kappa shape index (κ3) is 4.23. The molecule has 1 unspecified atom stereocenters. The fraction of sp³-hybridized carbons (Fsp3) is 0.346. The van der Waals surface area contributed by atoms with Crippen molar-refractivity contribution in [3.8, 4) is 5.69 Å². The van der Waals surface area contributed by atoms with E-state index in [1.54, 1.807) is 11.0 Å². The fourth-order valence-electron chi connectivity index (χ4n) is 5.31. The maximum Gasteiger partial charge on any atom is 0.343 e. The molecule has 0 bridgehead atoms. The van der Waals surface area contributed by atoms with Gasteiger partial charge in [-0.2, -0.15) is 0 Å². The quantitative estimate of drug-likeness (QED) is 0.441. The average Bonchev–Trinajstić information content (AvgIpc) is 3.57. The van der Waals surface area contributed by atoms with Crippen molar-refractivity contribution in [2.24, 2.45) is 0 Å². The second-order valence-electron chi connectivity index (χ2n) is 9.28. The Hall–Kier alpha value is -3.85. The van der Waals surface area contributed by atoms with Crippen LogP contribution in [0.1, 0.15) is 29.0 Å². The molecule has 35 heavy (non-hydrogen) atoms. The molecule has 1 atom stereocenters. The van der Waals surface area contributed by atoms with Crippen molar-refractivity contribution in [1.29, 1.82) is 0 Å². The Morgan fingerprint density at radius 3 is 2.77 bits per heavy atom. The first-order valence-electron chi connectivity index (χ1n) is 12.0. The van der Waals surface area contributed by atoms with Gasteiger partial charge in [-0.3, -0.25) is 9.69 Å². The first-order valence-corrected chi connectivity index (χ1v) is 12.0. The zero-order valence-electron chi connectivity index (χ0n) is 19.3. The molecule has 9 heteroatoms. The number of tetrazole rings is 1. The molecule has 9 nitrogen and oxygen atoms in total. The van der Waals surface area contributed by atoms with Gasteiger partial charge in [0, 0.05) is 32.7 Å². The lowest BCUT2D eigenvalue weighted by molar-refractivity contribution is -0.134. The van der Waals surface area contributed by atoms with Crippen molar-refractivity contribution in [2.45, 2.75) is 25.2 Å². The third-order valence-electron chi connectivity index (χ3n) is 7.28. The summed E-state index contributed by atoms with van der Waals surface area (Å²) in [5, 5.41) is 12.9. The highest BCUT2D eigenvalue weighted by Gasteiger charge is 2.33. The van der Waals surface area contributed by atoms with Crippen molar-refractivity contribution in [1.82, 2.24) is 30.0 Å². The highest BCUT2D eigenvalue weighted by Crippen LogP contribution is 2.35. The van der Waals surface area contributed by atoms with Crippen LogP contribution >= 0.6 is 0 Å². The SMILES string of the molecule is O=C(C1CCc2cc(-n3cnnn3)ccc21)N1CCN(CCc2ccc3c(=O)occc3c2)CC1. The Morgan fingerprint density at radius 1 is 1.06 bits per heavy atom. The molecule has 0 N–H and O–H groups in total. The molecule has 178 valence electrons. The van der Waals surface area contributed by atoms with Gasteiger partial charge >= 0.3 is 5.63 Å². The number of fused-ring (bicyclic) bond motifs is 2. The van der Waals surface area contributed by atoms with Crippen molar-refractivity contribution >= 4 is 16.7 Å². The van der Waals surface area contributed by atoms with Gasteiger partial charge in [0.15, 0.2) is 0 Å². The minimum Gasteiger partial charge on any atom is -0.431 e. The fourth-order valence-corrected chi connectivity index (χ4v) is 5.31. The van der Waals surface area contributed by atoms with E-state index in [1.807, 2.05) is 29.2 Å². The second kappa shape index (κ2) is 9.07. The molecule has 0 saturated carbocycles. The maximum atomic E-state index is 13.4. The van der Waals surface area contributed by atoms with E-state index in [2.05, 4.69) is 38.6 Å². The molecule has 1 amide bonds. The number of hydrogen-bond acceptors (Lipinski definition) is 7. The molecule has 4 aromatic rings. The molecule has 2 aromatic heterocycles. The van der Waals surface area contributed by atoms with Crippen LogP contribution in [0, 0.1) is 0 Å². The summed E-state index contributed by atoms with van der Waals surface area (Å²) in [6.45, 7) is 4.20. The summed E-state index contributed by atoms with van der Waals surface area (Å²) in [6.07, 6.45) is 5.69. The first kappa shape index (κ1) is 21.7. The Labute approximate surface area is 201 Å². The van der Waals surface area contributed by atoms with E-state index in [9.17, 15) is 9.59 Å². The van der Waals surface area contributed by atoms with Gasteiger partial charge in [-0.15, -0.1) is 5.10 Å². The van der Waals surface area contributed by atoms with Crippen LogP contribution in [0.5, 0.6) is 0 Å². The van der Waals surface area contributed by atoms with Gasteiger partial charge in [0.1, 0.15) is 6.33 Å². The van der Waals surface area contributed by atoms with Gasteiger partial charge in [0.25, 0.3) is 0 Å². The highest BCUT2D eigenvalue weighted by molar-refractivity contribution is 5.85. The predicted octanol–water partition coefficient (Wildman–Crippen LogP) is 2.19. The molecule has 1 fully saturated rings. The molecule has 0 spiro atoms. The van der Waals surface area contributed by atoms with Crippen LogP contribution in [-0.4, -0.2) is 68.6 Å². The molecule has 1 aliphatic heterocycles. The Kier molecular flexibility index (Phi) is 5.61. The monoisotopic (exact) mass is 470 g/mol. The maximum absolute atomic E-state index is 13.4. The number of benzene rings is 2. The number of carbonyl (C=O) groups is 1. The van der Waals surface area contributed by atoms with E-state index in [0.717, 1.165) is 68.6 Å². The van der Waals surface area contributed by atoms with Gasteiger partial charge in [-0.25, -0.2) is 9.48 Å². The van der Waals surface area contributed by atoms with Gasteiger partial charge in [-0.1, -0.05) is 18.2 Å². The van der Waals surface area contributed by atoms with Crippen molar-refractivity contribution in [3.05, 3.63) is 82.2 Å². The van der Waals surface area contributed by atoms with E-state index >= 15 is 0 Å². The Bertz CT molecular complexity index is 1420. The van der Waals surface area contributed by atoms with Crippen LogP contribution in [0.15, 0.2) is 64.3 Å². The van der Waals surface area contributed by atoms with E-state index in [4.69, 9.17) is 4.42 Å². The van der Waals surface area contributed by atoms with Gasteiger partial charge in [0.2, 0.25) is 5.91 Å². The molecule has 6 rings (SSSR count). The molecular formula is C26H26N6O3. The van der Waals surface area contributed by atoms with Crippen LogP contribution in [0.4, 0.5) is 0 Å². The van der Waals surface area contributed by atoms with Gasteiger partial charge in [-0.05, 0) is 76.0 Å². The Balaban J connectivity index is 1.05. The highest BCUT2D eigenvalue weighted by atomic mass is 16.4. The zero-order valence-corrected chi connectivity index (χ0v) is 19.3. The van der Waals surface area contributed by atoms with Gasteiger partial charge in [0.05, 0.1) is 23.3 Å². The molecule has 1 aliphatic carbocycles. The summed E-state index contributed by atoms with van der Waals surface area (Å²) in [5.74, 6) is 0.182. The van der Waals surface area contributed by atoms with Crippen molar-refractivity contribution in [2.75, 3.05) is 32.7 Å². The summed E-state index contributed by atoms with van der Waals surface area (Å²) in [5.41, 5.74) is 4.17. The van der Waals surface area contributed by atoms with Crippen LogP contribution in [0.3, 0.4) is 0 Å². The second-order valence-corrected chi connectivity index (χ2v) is 9.28. The predicted molar refractivity (Wildman–Crippen MR) is 129 cm³/mol. The molecule has 2 aliphatic rings. The third-order valence-corrected chi connectivity index (χ3v) is 7.28. The van der Waals surface area contributed by atoms with Crippen LogP contribution in [-0.2, 0) is 17.6 Å². The molecule has 1 saturated heterocycles. The average molecular weight is 471 g/mol. The van der Waals surface area contributed by atoms with Crippen molar-refractivity contribution < 1.29 is 9.21 Å². The van der Waals surface area contributed by atoms with E-state index in [-0.39, 0.29) is 17.5 Å². The molecule has 2 aromatic carbocycles. The lowest BCUT2D eigenvalue weighted by Gasteiger charge is -2.36. The number of hydrogen-bond donors (Lipinski definition) is 0. The summed E-state index contributed by atoms with van der Waals surface area (Å²) < 4.78 is 6.58. The standard InChI is InChI=1S/C26H26N6O3/c33-25(24-5-2-19-16-21(3-6-22(19)24)32-17-27-28-29-32)31-12-10-30(11-13-31)9-7-18-1-4-23-20(15-18)8-14-35-26(23)34/h1,3-4,6,8,14-17,24H,2,5,7,9-13H2. The number of aryl methyl sites for hydroxylation is 1. The summed E-state index contributed by atoms with van der Waals surface area (Å²) in [7, 11) is 0. The zero-order chi connectivity index (χ0) is 23.8. The topological polar surface area (TPSA) is 97.4 Å². The minimum absolute atomic E-state index is 0.0605. The summed E-state index contributed by atoms with van der Waals surface area (Å²) >= 11 is 0. The van der Waals surface area contributed by atoms with Crippen LogP contribution in [0.25, 0.3) is 16.5 Å². The van der Waals surface area contributed by atoms with Crippen LogP contribution in [0.2, 0.25) is 0 Å². The summed E-state index contributed by atoms with van der Waals surface area (Å²) in [4.78, 5) is 29.6. The minimum atomic E-state index is -0.298. The number of aromatic nitrogens is 4. The largest absolute Gasteiger partial charge is 0.431 e. The number of nitrogens with zero attached hydrogens (tertiary/aromatic N) is 6. The number of piperazine rings is 1. The number of amides is 1. The van der Waals surface area contributed by atoms with Crippen LogP contribution < -0.4 is 5.63 Å². The molecule has 0 radical (unpaired) electrons. The Morgan fingerprint density at radius 2 is 1.94 bits per heavy atom. The van der Waals surface area contributed by atoms with E-state index < -0.39 is 0 Å². The molecule has 3 heterocycles. The van der Waals surface area contributed by atoms with Gasteiger partial charge < -0.3 is 9.32 Å². The van der Waals surface area contributed by atoms with E-state index in [1.165, 1.54) is 17.4 Å². The smallest absolute Gasteiger partial charge is 0.343 e. The first-order chi connectivity index (χ1) is 17.2. The number of carbonyl (C=O) groups excluding carboxylic acids is 1. The lowest BCUT2D eigenvalue weighted by Crippen LogP contribution is -2.50. The number of rotatable bonds is 5.